The van der Waals surface area contributed by atoms with Crippen molar-refractivity contribution < 1.29 is 0 Å². The second-order valence-electron chi connectivity index (χ2n) is 8.99. The molecule has 1 heteroatoms. The number of rotatable bonds is 21. The lowest BCUT2D eigenvalue weighted by atomic mass is 9.78. The van der Waals surface area contributed by atoms with Crippen LogP contribution in [-0.4, -0.2) is 5.16 Å². The van der Waals surface area contributed by atoms with Crippen molar-refractivity contribution in [1.82, 2.24) is 0 Å². The van der Waals surface area contributed by atoms with Crippen LogP contribution in [0.2, 0.25) is 0 Å². The molecule has 0 N–H and O–H groups in total. The standard InChI is InChI=1S/C26H53P/c1-5-9-12-13-14-15-16-17-18-19-20-22-25(21-8-4)26(27,23-10-6-2)24-11-7-3/h8,25H,4-7,9-24,27H2,1-3H3. The normalized spacial score (nSPS) is 13.0. The molecular formula is C26H53P. The van der Waals surface area contributed by atoms with Gasteiger partial charge in [0, 0.05) is 0 Å². The van der Waals surface area contributed by atoms with Crippen LogP contribution < -0.4 is 0 Å². The van der Waals surface area contributed by atoms with Gasteiger partial charge in [-0.1, -0.05) is 123 Å². The van der Waals surface area contributed by atoms with Crippen LogP contribution in [-0.2, 0) is 0 Å². The van der Waals surface area contributed by atoms with Crippen molar-refractivity contribution in [3.05, 3.63) is 12.7 Å². The molecule has 2 atom stereocenters. The number of hydrogen-bond donors (Lipinski definition) is 0. The predicted molar refractivity (Wildman–Crippen MR) is 131 cm³/mol. The second-order valence-corrected chi connectivity index (χ2v) is 10.1. The van der Waals surface area contributed by atoms with Crippen LogP contribution in [0.15, 0.2) is 12.7 Å². The van der Waals surface area contributed by atoms with Gasteiger partial charge >= 0.3 is 0 Å². The van der Waals surface area contributed by atoms with E-state index in [9.17, 15) is 0 Å². The van der Waals surface area contributed by atoms with Gasteiger partial charge in [-0.05, 0) is 36.8 Å². The zero-order valence-electron chi connectivity index (χ0n) is 19.4. The van der Waals surface area contributed by atoms with E-state index in [1.54, 1.807) is 0 Å². The summed E-state index contributed by atoms with van der Waals surface area (Å²) in [6.45, 7) is 11.0. The van der Waals surface area contributed by atoms with Crippen molar-refractivity contribution in [2.24, 2.45) is 5.92 Å². The minimum Gasteiger partial charge on any atom is -0.131 e. The van der Waals surface area contributed by atoms with E-state index in [1.165, 1.54) is 122 Å². The topological polar surface area (TPSA) is 0 Å². The Morgan fingerprint density at radius 2 is 1.07 bits per heavy atom. The molecule has 0 saturated heterocycles. The molecule has 0 aromatic carbocycles. The molecule has 0 radical (unpaired) electrons. The summed E-state index contributed by atoms with van der Waals surface area (Å²) in [5, 5.41) is 0.457. The highest BCUT2D eigenvalue weighted by atomic mass is 31.0. The fourth-order valence-corrected chi connectivity index (χ4v) is 5.15. The van der Waals surface area contributed by atoms with E-state index in [0.29, 0.717) is 5.16 Å². The molecule has 0 aromatic rings. The lowest BCUT2D eigenvalue weighted by molar-refractivity contribution is 0.297. The van der Waals surface area contributed by atoms with Crippen LogP contribution in [0.5, 0.6) is 0 Å². The zero-order chi connectivity index (χ0) is 20.2. The molecule has 0 aliphatic carbocycles. The molecule has 0 rings (SSSR count). The number of unbranched alkanes of at least 4 members (excludes halogenated alkanes) is 12. The third kappa shape index (κ3) is 14.8. The van der Waals surface area contributed by atoms with Crippen LogP contribution in [0.4, 0.5) is 0 Å². The van der Waals surface area contributed by atoms with Gasteiger partial charge in [0.1, 0.15) is 0 Å². The van der Waals surface area contributed by atoms with Crippen LogP contribution in [0.25, 0.3) is 0 Å². The first kappa shape index (κ1) is 27.2. The van der Waals surface area contributed by atoms with E-state index >= 15 is 0 Å². The van der Waals surface area contributed by atoms with Crippen molar-refractivity contribution in [3.8, 4) is 0 Å². The van der Waals surface area contributed by atoms with Gasteiger partial charge in [-0.3, -0.25) is 0 Å². The van der Waals surface area contributed by atoms with Crippen molar-refractivity contribution in [1.29, 1.82) is 0 Å². The maximum Gasteiger partial charge on any atom is -0.0119 e. The van der Waals surface area contributed by atoms with Gasteiger partial charge < -0.3 is 0 Å². The van der Waals surface area contributed by atoms with Gasteiger partial charge in [0.05, 0.1) is 0 Å². The Labute approximate surface area is 176 Å². The van der Waals surface area contributed by atoms with Crippen LogP contribution in [0, 0.1) is 5.92 Å². The summed E-state index contributed by atoms with van der Waals surface area (Å²) >= 11 is 0. The monoisotopic (exact) mass is 396 g/mol. The maximum atomic E-state index is 4.07. The fraction of sp³-hybridized carbons (Fsp3) is 0.923. The third-order valence-electron chi connectivity index (χ3n) is 6.41. The summed E-state index contributed by atoms with van der Waals surface area (Å²) in [6, 6.07) is 0. The van der Waals surface area contributed by atoms with E-state index in [0.717, 1.165) is 5.92 Å². The highest BCUT2D eigenvalue weighted by molar-refractivity contribution is 7.19. The zero-order valence-corrected chi connectivity index (χ0v) is 20.5. The Morgan fingerprint density at radius 1 is 0.667 bits per heavy atom. The molecule has 0 bridgehead atoms. The minimum atomic E-state index is 0.457. The Bertz CT molecular complexity index is 301. The molecule has 27 heavy (non-hydrogen) atoms. The average molecular weight is 397 g/mol. The van der Waals surface area contributed by atoms with Gasteiger partial charge in [-0.25, -0.2) is 0 Å². The average Bonchev–Trinajstić information content (AvgIpc) is 2.68. The number of allylic oxidation sites excluding steroid dienone is 1. The summed E-state index contributed by atoms with van der Waals surface area (Å²) in [5.74, 6) is 0.816. The van der Waals surface area contributed by atoms with Gasteiger partial charge in [0.15, 0.2) is 0 Å². The summed E-state index contributed by atoms with van der Waals surface area (Å²) in [4.78, 5) is 0. The molecule has 0 aliphatic heterocycles. The van der Waals surface area contributed by atoms with E-state index in [4.69, 9.17) is 0 Å². The summed E-state index contributed by atoms with van der Waals surface area (Å²) in [5.41, 5.74) is 0. The van der Waals surface area contributed by atoms with Crippen molar-refractivity contribution in [2.75, 3.05) is 0 Å². The molecule has 0 spiro atoms. The first-order valence-electron chi connectivity index (χ1n) is 12.5. The van der Waals surface area contributed by atoms with Crippen LogP contribution >= 0.6 is 9.24 Å². The summed E-state index contributed by atoms with van der Waals surface area (Å²) in [7, 11) is 3.32. The van der Waals surface area contributed by atoms with E-state index in [-0.39, 0.29) is 0 Å². The largest absolute Gasteiger partial charge is 0.131 e. The van der Waals surface area contributed by atoms with Gasteiger partial charge in [-0.15, -0.1) is 15.8 Å². The second kappa shape index (κ2) is 19.5. The highest BCUT2D eigenvalue weighted by Gasteiger charge is 2.31. The van der Waals surface area contributed by atoms with Gasteiger partial charge in [0.25, 0.3) is 0 Å². The lowest BCUT2D eigenvalue weighted by Gasteiger charge is -2.38. The molecule has 0 amide bonds. The predicted octanol–water partition coefficient (Wildman–Crippen LogP) is 9.87. The number of hydrogen-bond acceptors (Lipinski definition) is 0. The quantitative estimate of drug-likeness (QED) is 0.103. The Hall–Kier alpha value is 0.170. The third-order valence-corrected chi connectivity index (χ3v) is 7.46. The summed E-state index contributed by atoms with van der Waals surface area (Å²) < 4.78 is 0. The summed E-state index contributed by atoms with van der Waals surface area (Å²) in [6.07, 6.45) is 28.8. The maximum absolute atomic E-state index is 4.07. The lowest BCUT2D eigenvalue weighted by Crippen LogP contribution is -2.31. The Morgan fingerprint density at radius 3 is 1.48 bits per heavy atom. The minimum absolute atomic E-state index is 0.457. The highest BCUT2D eigenvalue weighted by Crippen LogP contribution is 2.43. The SMILES string of the molecule is C=CCC(CCCCCCCCCCCCC)C(P)(CCCC)CCCC. The first-order valence-corrected chi connectivity index (χ1v) is 13.1. The van der Waals surface area contributed by atoms with Crippen LogP contribution in [0.1, 0.15) is 143 Å². The van der Waals surface area contributed by atoms with E-state index in [2.05, 4.69) is 42.7 Å². The smallest absolute Gasteiger partial charge is 0.0119 e. The molecule has 0 aromatic heterocycles. The molecule has 0 aliphatic rings. The first-order chi connectivity index (χ1) is 13.1. The Kier molecular flexibility index (Phi) is 19.6. The molecular weight excluding hydrogens is 343 g/mol. The molecule has 0 heterocycles. The fourth-order valence-electron chi connectivity index (χ4n) is 4.44. The molecule has 0 fully saturated rings. The van der Waals surface area contributed by atoms with Crippen LogP contribution in [0.3, 0.4) is 0 Å². The Balaban J connectivity index is 4.05. The van der Waals surface area contributed by atoms with Gasteiger partial charge in [0.2, 0.25) is 0 Å². The van der Waals surface area contributed by atoms with Crippen molar-refractivity contribution >= 4 is 9.24 Å². The van der Waals surface area contributed by atoms with Crippen molar-refractivity contribution in [3.63, 3.8) is 0 Å². The van der Waals surface area contributed by atoms with Gasteiger partial charge in [-0.2, -0.15) is 0 Å². The molecule has 0 saturated carbocycles. The molecule has 162 valence electrons. The molecule has 0 nitrogen and oxygen atoms in total. The van der Waals surface area contributed by atoms with Crippen molar-refractivity contribution in [2.45, 2.75) is 148 Å². The molecule has 2 unspecified atom stereocenters. The van der Waals surface area contributed by atoms with E-state index < -0.39 is 0 Å². The van der Waals surface area contributed by atoms with E-state index in [1.807, 2.05) is 0 Å².